The minimum atomic E-state index is -0.533. The molecule has 0 fully saturated rings. The number of nitro benzene ring substituents is 1. The van der Waals surface area contributed by atoms with E-state index in [0.717, 1.165) is 4.90 Å². The number of hydrogen-bond donors (Lipinski definition) is 0. The topological polar surface area (TPSA) is 77.3 Å². The van der Waals surface area contributed by atoms with Crippen LogP contribution in [0.3, 0.4) is 0 Å². The van der Waals surface area contributed by atoms with Gasteiger partial charge < -0.3 is 0 Å². The molecule has 0 spiro atoms. The maximum absolute atomic E-state index is 12.6. The summed E-state index contributed by atoms with van der Waals surface area (Å²) in [5.74, 6) is -0.485. The molecule has 0 atom stereocenters. The normalized spacial score (nSPS) is 19.0. The third-order valence-corrected chi connectivity index (χ3v) is 6.06. The molecule has 2 heterocycles. The van der Waals surface area contributed by atoms with E-state index in [1.807, 2.05) is 12.1 Å². The van der Waals surface area contributed by atoms with E-state index in [9.17, 15) is 19.7 Å². The molecule has 0 bridgehead atoms. The lowest BCUT2D eigenvalue weighted by molar-refractivity contribution is -0.384. The third-order valence-electron chi connectivity index (χ3n) is 3.59. The molecule has 2 aromatic rings. The molecule has 112 valence electrons. The predicted molar refractivity (Wildman–Crippen MR) is 86.9 cm³/mol. The zero-order valence-electron chi connectivity index (χ0n) is 11.4. The zero-order valence-corrected chi connectivity index (χ0v) is 13.1. The van der Waals surface area contributed by atoms with E-state index in [4.69, 9.17) is 0 Å². The lowest BCUT2D eigenvalue weighted by Crippen LogP contribution is -2.02. The van der Waals surface area contributed by atoms with Gasteiger partial charge in [-0.05, 0) is 18.2 Å². The molecule has 0 unspecified atom stereocenters. The van der Waals surface area contributed by atoms with Gasteiger partial charge in [-0.25, -0.2) is 0 Å². The smallest absolute Gasteiger partial charge is 0.270 e. The number of hydrogen-bond acceptors (Lipinski definition) is 6. The molecule has 5 nitrogen and oxygen atoms in total. The maximum Gasteiger partial charge on any atom is 0.270 e. The Bertz CT molecular complexity index is 949. The van der Waals surface area contributed by atoms with E-state index < -0.39 is 4.92 Å². The minimum Gasteiger partial charge on any atom is -0.288 e. The van der Waals surface area contributed by atoms with Crippen molar-refractivity contribution in [1.82, 2.24) is 0 Å². The average molecular weight is 341 g/mol. The second kappa shape index (κ2) is 5.07. The van der Waals surface area contributed by atoms with Crippen LogP contribution < -0.4 is 0 Å². The third kappa shape index (κ3) is 2.12. The fourth-order valence-corrected chi connectivity index (χ4v) is 4.78. The van der Waals surface area contributed by atoms with Crippen molar-refractivity contribution in [2.45, 2.75) is 9.79 Å². The number of non-ortho nitro benzene ring substituents is 1. The molecule has 2 aliphatic rings. The van der Waals surface area contributed by atoms with Gasteiger partial charge in [0.25, 0.3) is 5.69 Å². The minimum absolute atomic E-state index is 0.127. The first-order valence-electron chi connectivity index (χ1n) is 6.63. The molecule has 2 aromatic carbocycles. The molecule has 0 N–H and O–H groups in total. The lowest BCUT2D eigenvalue weighted by Gasteiger charge is -1.98. The standard InChI is InChI=1S/C16H7NO4S2/c18-13-9-3-1-2-4-11(9)22-15(13)16-14(19)10-7-8(17(20)21)5-6-12(10)23-16/h1-7H. The number of rotatable bonds is 1. The number of benzene rings is 2. The van der Waals surface area contributed by atoms with E-state index in [0.29, 0.717) is 20.3 Å². The summed E-state index contributed by atoms with van der Waals surface area (Å²) in [5, 5.41) is 10.9. The van der Waals surface area contributed by atoms with E-state index in [1.54, 1.807) is 18.2 Å². The van der Waals surface area contributed by atoms with Crippen molar-refractivity contribution in [2.24, 2.45) is 0 Å². The van der Waals surface area contributed by atoms with Crippen LogP contribution in [0.5, 0.6) is 0 Å². The van der Waals surface area contributed by atoms with Crippen LogP contribution in [-0.2, 0) is 0 Å². The highest BCUT2D eigenvalue weighted by atomic mass is 32.2. The number of allylic oxidation sites excluding steroid dienone is 2. The van der Waals surface area contributed by atoms with Gasteiger partial charge in [-0.2, -0.15) is 0 Å². The number of ketones is 2. The van der Waals surface area contributed by atoms with E-state index in [1.165, 1.54) is 35.7 Å². The number of carbonyl (C=O) groups excluding carboxylic acids is 2. The number of fused-ring (bicyclic) bond motifs is 2. The Morgan fingerprint density at radius 3 is 2.09 bits per heavy atom. The quantitative estimate of drug-likeness (QED) is 0.442. The van der Waals surface area contributed by atoms with Crippen LogP contribution in [0, 0.1) is 10.1 Å². The van der Waals surface area contributed by atoms with Crippen molar-refractivity contribution in [2.75, 3.05) is 0 Å². The molecular weight excluding hydrogens is 334 g/mol. The summed E-state index contributed by atoms with van der Waals surface area (Å²) in [6.07, 6.45) is 0. The van der Waals surface area contributed by atoms with Gasteiger partial charge in [0.05, 0.1) is 14.7 Å². The molecular formula is C16H7NO4S2. The molecule has 0 saturated heterocycles. The average Bonchev–Trinajstić information content (AvgIpc) is 3.05. The fourth-order valence-electron chi connectivity index (χ4n) is 2.50. The van der Waals surface area contributed by atoms with Crippen LogP contribution in [0.4, 0.5) is 5.69 Å². The van der Waals surface area contributed by atoms with E-state index in [-0.39, 0.29) is 22.8 Å². The summed E-state index contributed by atoms with van der Waals surface area (Å²) in [5.41, 5.74) is 0.754. The van der Waals surface area contributed by atoms with Gasteiger partial charge in [0.1, 0.15) is 0 Å². The van der Waals surface area contributed by atoms with Crippen molar-refractivity contribution >= 4 is 40.8 Å². The fraction of sp³-hybridized carbons (Fsp3) is 0. The monoisotopic (exact) mass is 341 g/mol. The number of Topliss-reactive ketones (excluding diaryl/α,β-unsaturated/α-hetero) is 2. The highest BCUT2D eigenvalue weighted by molar-refractivity contribution is 8.08. The largest absolute Gasteiger partial charge is 0.288 e. The second-order valence-corrected chi connectivity index (χ2v) is 7.06. The molecule has 7 heteroatoms. The predicted octanol–water partition coefficient (Wildman–Crippen LogP) is 4.08. The van der Waals surface area contributed by atoms with Gasteiger partial charge in [-0.15, -0.1) is 0 Å². The van der Waals surface area contributed by atoms with Crippen LogP contribution in [0.25, 0.3) is 0 Å². The summed E-state index contributed by atoms with van der Waals surface area (Å²) in [6, 6.07) is 11.4. The summed E-state index contributed by atoms with van der Waals surface area (Å²) < 4.78 is 0. The molecule has 0 radical (unpaired) electrons. The van der Waals surface area contributed by atoms with Crippen LogP contribution in [0.1, 0.15) is 20.7 Å². The Hall–Kier alpha value is -2.38. The summed E-state index contributed by atoms with van der Waals surface area (Å²) >= 11 is 2.48. The first kappa shape index (κ1) is 14.2. The number of thioether (sulfide) groups is 2. The van der Waals surface area contributed by atoms with Gasteiger partial charge in [-0.3, -0.25) is 19.7 Å². The summed E-state index contributed by atoms with van der Waals surface area (Å²) in [4.78, 5) is 37.7. The molecule has 0 amide bonds. The van der Waals surface area contributed by atoms with Gasteiger partial charge in [0.2, 0.25) is 11.6 Å². The lowest BCUT2D eigenvalue weighted by atomic mass is 10.1. The Labute approximate surface area is 138 Å². The van der Waals surface area contributed by atoms with E-state index in [2.05, 4.69) is 0 Å². The second-order valence-electron chi connectivity index (χ2n) is 4.95. The Balaban J connectivity index is 1.80. The maximum atomic E-state index is 12.6. The molecule has 23 heavy (non-hydrogen) atoms. The first-order chi connectivity index (χ1) is 11.1. The van der Waals surface area contributed by atoms with Crippen molar-refractivity contribution < 1.29 is 14.5 Å². The van der Waals surface area contributed by atoms with Gasteiger partial charge in [0, 0.05) is 33.1 Å². The van der Waals surface area contributed by atoms with Crippen molar-refractivity contribution in [3.05, 3.63) is 73.5 Å². The van der Waals surface area contributed by atoms with E-state index >= 15 is 0 Å². The molecule has 0 aliphatic carbocycles. The van der Waals surface area contributed by atoms with Crippen molar-refractivity contribution in [3.63, 3.8) is 0 Å². The van der Waals surface area contributed by atoms with Crippen LogP contribution in [0.15, 0.2) is 62.1 Å². The Morgan fingerprint density at radius 1 is 0.826 bits per heavy atom. The number of nitrogens with zero attached hydrogens (tertiary/aromatic N) is 1. The summed E-state index contributed by atoms with van der Waals surface area (Å²) in [7, 11) is 0. The van der Waals surface area contributed by atoms with Crippen LogP contribution >= 0.6 is 23.5 Å². The highest BCUT2D eigenvalue weighted by Gasteiger charge is 2.36. The molecule has 0 saturated carbocycles. The van der Waals surface area contributed by atoms with Gasteiger partial charge in [0.15, 0.2) is 0 Å². The Morgan fingerprint density at radius 2 is 1.43 bits per heavy atom. The molecule has 2 aliphatic heterocycles. The molecule has 0 aromatic heterocycles. The number of carbonyl (C=O) groups is 2. The van der Waals surface area contributed by atoms with Gasteiger partial charge in [-0.1, -0.05) is 35.7 Å². The van der Waals surface area contributed by atoms with Gasteiger partial charge >= 0.3 is 0 Å². The Kier molecular flexibility index (Phi) is 3.14. The zero-order chi connectivity index (χ0) is 16.1. The summed E-state index contributed by atoms with van der Waals surface area (Å²) in [6.45, 7) is 0. The number of nitro groups is 1. The van der Waals surface area contributed by atoms with Crippen LogP contribution in [0.2, 0.25) is 0 Å². The van der Waals surface area contributed by atoms with Crippen LogP contribution in [-0.4, -0.2) is 16.5 Å². The SMILES string of the molecule is O=C1C(=C2Sc3ccc([N+](=O)[O-])cc3C2=O)Sc2ccccc21. The molecule has 4 rings (SSSR count). The first-order valence-corrected chi connectivity index (χ1v) is 8.26. The van der Waals surface area contributed by atoms with Crippen molar-refractivity contribution in [1.29, 1.82) is 0 Å². The van der Waals surface area contributed by atoms with Crippen molar-refractivity contribution in [3.8, 4) is 0 Å². The highest BCUT2D eigenvalue weighted by Crippen LogP contribution is 2.49.